The number of carbonyl (C=O) groups excluding carboxylic acids is 2. The first-order valence-corrected chi connectivity index (χ1v) is 3.86. The van der Waals surface area contributed by atoms with Gasteiger partial charge in [0.25, 0.3) is 0 Å². The molecular formula is C8H9ClO2. The minimum Gasteiger partial charge on any atom is -0.298 e. The van der Waals surface area contributed by atoms with Gasteiger partial charge in [-0.2, -0.15) is 0 Å². The molecule has 0 radical (unpaired) electrons. The number of halogens is 1. The second kappa shape index (κ2) is 2.78. The largest absolute Gasteiger partial charge is 0.298 e. The summed E-state index contributed by atoms with van der Waals surface area (Å²) in [6.45, 7) is 3.32. The fourth-order valence-electron chi connectivity index (χ4n) is 1.04. The molecule has 1 rings (SSSR count). The first-order valence-electron chi connectivity index (χ1n) is 3.48. The van der Waals surface area contributed by atoms with Crippen molar-refractivity contribution in [2.45, 2.75) is 13.8 Å². The van der Waals surface area contributed by atoms with E-state index in [0.717, 1.165) is 0 Å². The summed E-state index contributed by atoms with van der Waals surface area (Å²) in [5.74, 6) is -1.07. The van der Waals surface area contributed by atoms with Crippen LogP contribution in [0.5, 0.6) is 0 Å². The number of rotatable bonds is 0. The van der Waals surface area contributed by atoms with Gasteiger partial charge in [0.15, 0.2) is 11.6 Å². The first kappa shape index (κ1) is 8.47. The first-order chi connectivity index (χ1) is 5.04. The van der Waals surface area contributed by atoms with Gasteiger partial charge in [-0.25, -0.2) is 0 Å². The van der Waals surface area contributed by atoms with Crippen molar-refractivity contribution in [3.8, 4) is 0 Å². The molecule has 0 aromatic rings. The van der Waals surface area contributed by atoms with Crippen molar-refractivity contribution < 1.29 is 9.59 Å². The van der Waals surface area contributed by atoms with Crippen LogP contribution in [0.2, 0.25) is 0 Å². The van der Waals surface area contributed by atoms with Crippen LogP contribution in [0.15, 0.2) is 11.1 Å². The average Bonchev–Trinajstić information content (AvgIpc) is 1.97. The van der Waals surface area contributed by atoms with E-state index in [4.69, 9.17) is 11.6 Å². The van der Waals surface area contributed by atoms with Gasteiger partial charge in [-0.1, -0.05) is 18.5 Å². The molecule has 2 unspecified atom stereocenters. The minimum atomic E-state index is -0.507. The smallest absolute Gasteiger partial charge is 0.167 e. The lowest BCUT2D eigenvalue weighted by Gasteiger charge is -2.18. The Labute approximate surface area is 70.2 Å². The summed E-state index contributed by atoms with van der Waals surface area (Å²) < 4.78 is 0. The van der Waals surface area contributed by atoms with Crippen molar-refractivity contribution in [2.24, 2.45) is 11.8 Å². The van der Waals surface area contributed by atoms with Gasteiger partial charge in [0.2, 0.25) is 0 Å². The lowest BCUT2D eigenvalue weighted by atomic mass is 9.86. The molecular weight excluding hydrogens is 164 g/mol. The van der Waals surface area contributed by atoms with Crippen molar-refractivity contribution >= 4 is 23.2 Å². The number of Topliss-reactive ketones (excluding diaryl/α,β-unsaturated/α-hetero) is 1. The van der Waals surface area contributed by atoms with Gasteiger partial charge in [0.05, 0.1) is 11.8 Å². The molecule has 0 saturated carbocycles. The predicted molar refractivity (Wildman–Crippen MR) is 42.3 cm³/mol. The molecule has 11 heavy (non-hydrogen) atoms. The van der Waals surface area contributed by atoms with Crippen molar-refractivity contribution in [1.82, 2.24) is 0 Å². The molecule has 1 aliphatic carbocycles. The quantitative estimate of drug-likeness (QED) is 0.520. The molecule has 0 N–H and O–H groups in total. The fourth-order valence-corrected chi connectivity index (χ4v) is 1.25. The van der Waals surface area contributed by atoms with Crippen LogP contribution in [-0.4, -0.2) is 11.6 Å². The van der Waals surface area contributed by atoms with E-state index in [-0.39, 0.29) is 17.5 Å². The Bertz CT molecular complexity index is 242. The predicted octanol–water partition coefficient (Wildman–Crippen LogP) is 1.53. The maximum absolute atomic E-state index is 11.2. The Hall–Kier alpha value is -0.630. The van der Waals surface area contributed by atoms with E-state index < -0.39 is 5.92 Å². The van der Waals surface area contributed by atoms with Crippen molar-refractivity contribution in [2.75, 3.05) is 0 Å². The Balaban J connectivity index is 3.01. The van der Waals surface area contributed by atoms with Gasteiger partial charge < -0.3 is 0 Å². The maximum Gasteiger partial charge on any atom is 0.167 e. The van der Waals surface area contributed by atoms with Gasteiger partial charge >= 0.3 is 0 Å². The van der Waals surface area contributed by atoms with Gasteiger partial charge in [0, 0.05) is 5.03 Å². The van der Waals surface area contributed by atoms with Crippen molar-refractivity contribution in [3.05, 3.63) is 11.1 Å². The van der Waals surface area contributed by atoms with Crippen LogP contribution in [0.25, 0.3) is 0 Å². The SMILES string of the molecule is CC1C(=O)C=C(Cl)C(C)C1=O. The number of hydrogen-bond donors (Lipinski definition) is 0. The molecule has 3 heteroatoms. The van der Waals surface area contributed by atoms with Crippen LogP contribution >= 0.6 is 11.6 Å². The highest BCUT2D eigenvalue weighted by Crippen LogP contribution is 2.25. The van der Waals surface area contributed by atoms with Gasteiger partial charge in [-0.15, -0.1) is 0 Å². The second-order valence-electron chi connectivity index (χ2n) is 2.78. The Morgan fingerprint density at radius 2 is 1.82 bits per heavy atom. The highest BCUT2D eigenvalue weighted by molar-refractivity contribution is 6.35. The number of ketones is 2. The highest BCUT2D eigenvalue weighted by atomic mass is 35.5. The monoisotopic (exact) mass is 172 g/mol. The third-order valence-electron chi connectivity index (χ3n) is 1.97. The standard InChI is InChI=1S/C8H9ClO2/c1-4-6(9)3-7(10)5(2)8(4)11/h3-5H,1-2H3. The summed E-state index contributed by atoms with van der Waals surface area (Å²) in [5, 5.41) is 0.359. The van der Waals surface area contributed by atoms with E-state index in [0.29, 0.717) is 5.03 Å². The number of hydrogen-bond acceptors (Lipinski definition) is 2. The van der Waals surface area contributed by atoms with Crippen LogP contribution in [0.1, 0.15) is 13.8 Å². The van der Waals surface area contributed by atoms with Crippen LogP contribution in [0.4, 0.5) is 0 Å². The zero-order chi connectivity index (χ0) is 8.59. The van der Waals surface area contributed by atoms with Crippen molar-refractivity contribution in [1.29, 1.82) is 0 Å². The van der Waals surface area contributed by atoms with Gasteiger partial charge in [0.1, 0.15) is 0 Å². The Kier molecular flexibility index (Phi) is 2.14. The van der Waals surface area contributed by atoms with E-state index in [1.54, 1.807) is 13.8 Å². The molecule has 0 heterocycles. The fraction of sp³-hybridized carbons (Fsp3) is 0.500. The van der Waals surface area contributed by atoms with Crippen LogP contribution in [0.3, 0.4) is 0 Å². The van der Waals surface area contributed by atoms with Gasteiger partial charge in [-0.05, 0) is 13.0 Å². The molecule has 0 spiro atoms. The summed E-state index contributed by atoms with van der Waals surface area (Å²) in [6.07, 6.45) is 1.35. The summed E-state index contributed by atoms with van der Waals surface area (Å²) in [6, 6.07) is 0. The molecule has 0 aliphatic heterocycles. The zero-order valence-corrected chi connectivity index (χ0v) is 7.18. The van der Waals surface area contributed by atoms with E-state index in [2.05, 4.69) is 0 Å². The second-order valence-corrected chi connectivity index (χ2v) is 3.21. The third kappa shape index (κ3) is 1.36. The summed E-state index contributed by atoms with van der Waals surface area (Å²) >= 11 is 5.64. The lowest BCUT2D eigenvalue weighted by Crippen LogP contribution is -2.30. The van der Waals surface area contributed by atoms with Crippen molar-refractivity contribution in [3.63, 3.8) is 0 Å². The summed E-state index contributed by atoms with van der Waals surface area (Å²) in [7, 11) is 0. The number of carbonyl (C=O) groups is 2. The molecule has 2 atom stereocenters. The number of allylic oxidation sites excluding steroid dienone is 2. The normalized spacial score (nSPS) is 32.1. The molecule has 0 amide bonds. The molecule has 0 aromatic carbocycles. The topological polar surface area (TPSA) is 34.1 Å². The van der Waals surface area contributed by atoms with Gasteiger partial charge in [-0.3, -0.25) is 9.59 Å². The zero-order valence-electron chi connectivity index (χ0n) is 6.43. The Morgan fingerprint density at radius 3 is 2.36 bits per heavy atom. The van der Waals surface area contributed by atoms with E-state index in [1.165, 1.54) is 6.08 Å². The molecule has 2 nitrogen and oxygen atoms in total. The Morgan fingerprint density at radius 1 is 1.27 bits per heavy atom. The molecule has 0 aromatic heterocycles. The third-order valence-corrected chi connectivity index (χ3v) is 2.41. The summed E-state index contributed by atoms with van der Waals surface area (Å²) in [5.41, 5.74) is 0. The van der Waals surface area contributed by atoms with E-state index in [1.807, 2.05) is 0 Å². The minimum absolute atomic E-state index is 0.0810. The maximum atomic E-state index is 11.2. The van der Waals surface area contributed by atoms with Crippen LogP contribution in [-0.2, 0) is 9.59 Å². The highest BCUT2D eigenvalue weighted by Gasteiger charge is 2.31. The summed E-state index contributed by atoms with van der Waals surface area (Å²) in [4.78, 5) is 22.2. The average molecular weight is 173 g/mol. The molecule has 60 valence electrons. The molecule has 0 fully saturated rings. The van der Waals surface area contributed by atoms with E-state index >= 15 is 0 Å². The molecule has 0 bridgehead atoms. The molecule has 0 saturated heterocycles. The van der Waals surface area contributed by atoms with E-state index in [9.17, 15) is 9.59 Å². The van der Waals surface area contributed by atoms with Crippen LogP contribution < -0.4 is 0 Å². The van der Waals surface area contributed by atoms with Crippen LogP contribution in [0, 0.1) is 11.8 Å². The lowest BCUT2D eigenvalue weighted by molar-refractivity contribution is -0.132. The molecule has 1 aliphatic rings.